The summed E-state index contributed by atoms with van der Waals surface area (Å²) in [5, 5.41) is 2.86. The first kappa shape index (κ1) is 22.0. The average molecular weight is 426 g/mol. The van der Waals surface area contributed by atoms with Gasteiger partial charge in [-0.15, -0.1) is 0 Å². The van der Waals surface area contributed by atoms with Crippen LogP contribution in [0.4, 0.5) is 4.79 Å². The highest BCUT2D eigenvalue weighted by Gasteiger charge is 2.36. The molecule has 8 heteroatoms. The zero-order valence-corrected chi connectivity index (χ0v) is 18.2. The second kappa shape index (κ2) is 9.42. The number of allylic oxidation sites excluding steroid dienone is 1. The Balaban J connectivity index is 2.01. The highest BCUT2D eigenvalue weighted by atomic mass is 16.5. The summed E-state index contributed by atoms with van der Waals surface area (Å²) in [6.07, 6.45) is 0. The van der Waals surface area contributed by atoms with Crippen molar-refractivity contribution >= 4 is 12.0 Å². The third-order valence-corrected chi connectivity index (χ3v) is 5.21. The molecule has 0 saturated carbocycles. The maximum atomic E-state index is 13.1. The summed E-state index contributed by atoms with van der Waals surface area (Å²) in [6.45, 7) is 1.83. The van der Waals surface area contributed by atoms with Gasteiger partial charge in [0.25, 0.3) is 0 Å². The van der Waals surface area contributed by atoms with E-state index in [9.17, 15) is 9.59 Å². The van der Waals surface area contributed by atoms with Crippen LogP contribution in [0.1, 0.15) is 24.1 Å². The highest BCUT2D eigenvalue weighted by molar-refractivity contribution is 5.95. The summed E-state index contributed by atoms with van der Waals surface area (Å²) >= 11 is 0. The van der Waals surface area contributed by atoms with Crippen LogP contribution in [0.5, 0.6) is 17.2 Å². The monoisotopic (exact) mass is 426 g/mol. The van der Waals surface area contributed by atoms with Gasteiger partial charge in [0, 0.05) is 12.7 Å². The van der Waals surface area contributed by atoms with Gasteiger partial charge in [-0.05, 0) is 30.2 Å². The number of rotatable bonds is 7. The third-order valence-electron chi connectivity index (χ3n) is 5.21. The molecule has 0 saturated heterocycles. The zero-order chi connectivity index (χ0) is 22.5. The second-order valence-corrected chi connectivity index (χ2v) is 6.96. The minimum atomic E-state index is -0.749. The normalized spacial score (nSPS) is 16.0. The minimum Gasteiger partial charge on any atom is -0.493 e. The van der Waals surface area contributed by atoms with Gasteiger partial charge < -0.3 is 29.2 Å². The van der Waals surface area contributed by atoms with E-state index in [1.807, 2.05) is 30.3 Å². The van der Waals surface area contributed by atoms with Gasteiger partial charge in [0.05, 0.1) is 32.9 Å². The molecule has 2 aromatic rings. The van der Waals surface area contributed by atoms with E-state index in [4.69, 9.17) is 18.9 Å². The number of hydrogen-bond donors (Lipinski definition) is 1. The van der Waals surface area contributed by atoms with Gasteiger partial charge in [-0.1, -0.05) is 30.3 Å². The summed E-state index contributed by atoms with van der Waals surface area (Å²) in [6, 6.07) is 11.7. The first-order valence-electron chi connectivity index (χ1n) is 9.67. The van der Waals surface area contributed by atoms with Crippen LogP contribution in [0.25, 0.3) is 0 Å². The number of benzene rings is 2. The zero-order valence-electron chi connectivity index (χ0n) is 18.2. The fourth-order valence-electron chi connectivity index (χ4n) is 3.42. The van der Waals surface area contributed by atoms with Crippen LogP contribution < -0.4 is 19.5 Å². The van der Waals surface area contributed by atoms with Crippen LogP contribution in [0.3, 0.4) is 0 Å². The van der Waals surface area contributed by atoms with E-state index in [0.29, 0.717) is 34.1 Å². The van der Waals surface area contributed by atoms with Crippen molar-refractivity contribution in [2.24, 2.45) is 0 Å². The Morgan fingerprint density at radius 2 is 1.65 bits per heavy atom. The topological polar surface area (TPSA) is 86.3 Å². The molecule has 3 rings (SSSR count). The third kappa shape index (κ3) is 4.42. The Labute approximate surface area is 181 Å². The quantitative estimate of drug-likeness (QED) is 0.683. The van der Waals surface area contributed by atoms with Crippen molar-refractivity contribution in [3.63, 3.8) is 0 Å². The summed E-state index contributed by atoms with van der Waals surface area (Å²) in [4.78, 5) is 27.0. The number of methoxy groups -OCH3 is 3. The maximum absolute atomic E-state index is 13.1. The predicted octanol–water partition coefficient (Wildman–Crippen LogP) is 3.43. The first-order chi connectivity index (χ1) is 14.9. The molecule has 8 nitrogen and oxygen atoms in total. The SMILES string of the molecule is COc1cc([C@@H]2NC(=O)N(C)C(C)=C2C(=O)OCc2ccccc2)cc(OC)c1OC. The van der Waals surface area contributed by atoms with Crippen LogP contribution >= 0.6 is 0 Å². The fourth-order valence-corrected chi connectivity index (χ4v) is 3.42. The molecule has 2 amide bonds. The Morgan fingerprint density at radius 1 is 1.03 bits per heavy atom. The maximum Gasteiger partial charge on any atom is 0.338 e. The molecule has 0 unspecified atom stereocenters. The standard InChI is InChI=1S/C23H26N2O6/c1-14-19(22(26)31-13-15-9-7-6-8-10-15)20(24-23(27)25(14)2)16-11-17(28-3)21(30-5)18(12-16)29-4/h6-12,20H,13H2,1-5H3,(H,24,27)/t20-/m0/s1. The van der Waals surface area contributed by atoms with Crippen molar-refractivity contribution in [1.82, 2.24) is 10.2 Å². The molecule has 1 aliphatic heterocycles. The molecular formula is C23H26N2O6. The smallest absolute Gasteiger partial charge is 0.338 e. The summed E-state index contributed by atoms with van der Waals surface area (Å²) in [5.74, 6) is 0.730. The number of carbonyl (C=O) groups excluding carboxylic acids is 2. The van der Waals surface area contributed by atoms with Gasteiger partial charge in [0.2, 0.25) is 5.75 Å². The number of nitrogens with zero attached hydrogens (tertiary/aromatic N) is 1. The molecule has 0 bridgehead atoms. The average Bonchev–Trinajstić information content (AvgIpc) is 2.80. The molecular weight excluding hydrogens is 400 g/mol. The number of urea groups is 1. The van der Waals surface area contributed by atoms with Crippen LogP contribution in [-0.2, 0) is 16.1 Å². The predicted molar refractivity (Wildman–Crippen MR) is 114 cm³/mol. The molecule has 0 spiro atoms. The van der Waals surface area contributed by atoms with E-state index in [0.717, 1.165) is 5.56 Å². The number of nitrogens with one attached hydrogen (secondary N) is 1. The Hall–Kier alpha value is -3.68. The Kier molecular flexibility index (Phi) is 6.69. The largest absolute Gasteiger partial charge is 0.493 e. The fraction of sp³-hybridized carbons (Fsp3) is 0.304. The van der Waals surface area contributed by atoms with E-state index >= 15 is 0 Å². The highest BCUT2D eigenvalue weighted by Crippen LogP contribution is 2.42. The van der Waals surface area contributed by atoms with Crippen molar-refractivity contribution < 1.29 is 28.5 Å². The lowest BCUT2D eigenvalue weighted by Crippen LogP contribution is -2.46. The van der Waals surface area contributed by atoms with Gasteiger partial charge in [0.1, 0.15) is 6.61 Å². The van der Waals surface area contributed by atoms with E-state index in [1.165, 1.54) is 26.2 Å². The van der Waals surface area contributed by atoms with Crippen LogP contribution in [0, 0.1) is 0 Å². The van der Waals surface area contributed by atoms with Gasteiger partial charge in [-0.2, -0.15) is 0 Å². The van der Waals surface area contributed by atoms with Crippen molar-refractivity contribution in [2.75, 3.05) is 28.4 Å². The van der Waals surface area contributed by atoms with E-state index in [2.05, 4.69) is 5.32 Å². The van der Waals surface area contributed by atoms with Crippen molar-refractivity contribution in [1.29, 1.82) is 0 Å². The van der Waals surface area contributed by atoms with E-state index < -0.39 is 12.0 Å². The summed E-state index contributed by atoms with van der Waals surface area (Å²) in [5.41, 5.74) is 2.29. The molecule has 1 atom stereocenters. The Bertz CT molecular complexity index is 977. The van der Waals surface area contributed by atoms with Crippen molar-refractivity contribution in [3.8, 4) is 17.2 Å². The van der Waals surface area contributed by atoms with Gasteiger partial charge >= 0.3 is 12.0 Å². The molecule has 2 aromatic carbocycles. The minimum absolute atomic E-state index is 0.121. The van der Waals surface area contributed by atoms with Crippen LogP contribution in [0.15, 0.2) is 53.7 Å². The van der Waals surface area contributed by atoms with E-state index in [-0.39, 0.29) is 12.6 Å². The van der Waals surface area contributed by atoms with Crippen LogP contribution in [0.2, 0.25) is 0 Å². The molecule has 1 N–H and O–H groups in total. The number of carbonyl (C=O) groups is 2. The van der Waals surface area contributed by atoms with E-state index in [1.54, 1.807) is 26.1 Å². The van der Waals surface area contributed by atoms with Gasteiger partial charge in [-0.3, -0.25) is 0 Å². The van der Waals surface area contributed by atoms with Crippen molar-refractivity contribution in [3.05, 3.63) is 64.9 Å². The second-order valence-electron chi connectivity index (χ2n) is 6.96. The number of ether oxygens (including phenoxy) is 4. The summed E-state index contributed by atoms with van der Waals surface area (Å²) in [7, 11) is 6.11. The molecule has 0 radical (unpaired) electrons. The number of hydrogen-bond acceptors (Lipinski definition) is 6. The molecule has 0 aromatic heterocycles. The molecule has 31 heavy (non-hydrogen) atoms. The first-order valence-corrected chi connectivity index (χ1v) is 9.67. The number of esters is 1. The molecule has 0 aliphatic carbocycles. The lowest BCUT2D eigenvalue weighted by atomic mass is 9.94. The van der Waals surface area contributed by atoms with Gasteiger partial charge in [-0.25, -0.2) is 9.59 Å². The number of amides is 2. The molecule has 164 valence electrons. The lowest BCUT2D eigenvalue weighted by Gasteiger charge is -2.33. The molecule has 1 heterocycles. The lowest BCUT2D eigenvalue weighted by molar-refractivity contribution is -0.141. The Morgan fingerprint density at radius 3 is 2.19 bits per heavy atom. The van der Waals surface area contributed by atoms with Crippen molar-refractivity contribution in [2.45, 2.75) is 19.6 Å². The molecule has 1 aliphatic rings. The van der Waals surface area contributed by atoms with Crippen LogP contribution in [-0.4, -0.2) is 45.3 Å². The van der Waals surface area contributed by atoms with Gasteiger partial charge in [0.15, 0.2) is 11.5 Å². The summed E-state index contributed by atoms with van der Waals surface area (Å²) < 4.78 is 21.8. The molecule has 0 fully saturated rings.